The van der Waals surface area contributed by atoms with Crippen molar-refractivity contribution in [3.8, 4) is 5.75 Å². The van der Waals surface area contributed by atoms with Gasteiger partial charge in [-0.3, -0.25) is 34.0 Å². The quantitative estimate of drug-likeness (QED) is 0.0633. The standard InChI is InChI=1S/C29H34ClN3O4.C29H34FN3O4.C26H30N8O2.C26H32N4O5/c1-17-5-11-22-24(32(17)29(35)37-4)12-13-25-28(22)31-27(16-19-6-14-26(36-3)23(30)15-19)33(25)21-9-7-20(8-10-21)18(2)34;1-17-15-19(8-11-23(17)30)9-14-26-31-27-22-10-7-18(2)32(29(36)37-3)24(22)12-13-25(27)33(26)21-6-4-5-20(16-21)28(34)35;1-17-10-11-20-21(33(17)26(35)36-2)12-13-22-24(20)27-23(15-18-7-4-3-5-8-18)34(22)19-9-6-14-32(16-19)25-28-30-31-29-25;1-15-14-19(35-28-15)9-13-23-27-24-20-10-4-16(2)29(26(33)34-3)21(20)11-12-22(24)30(23)18-7-5-17(6-8-18)25(31)32/h6,12-15,17,20-21H,5,7-11,16H2,1-4H3;8,11-13,15,18,20-21H,4-7,9-10,14,16H2,1-3H3,(H,34,35);3-5,7-8,12-13,17,19H,6,9-11,14-16H2,1-2H3,(H,28,29,30,31);11-12,14,16-18H,4-10,13H2,1-3H3,(H,31,32)/t17-,20?,21?;18-,20+,21+;17-,19-;16-,17?,18?/m0000/s1. The monoisotopic (exact) mass is 2000 g/mol. The lowest BCUT2D eigenvalue weighted by molar-refractivity contribution is -0.144. The fourth-order valence-corrected chi connectivity index (χ4v) is 24.1. The Bertz CT molecular complexity index is 6960. The van der Waals surface area contributed by atoms with Crippen LogP contribution in [0.25, 0.3) is 44.1 Å². The van der Waals surface area contributed by atoms with Gasteiger partial charge in [-0.15, -0.1) is 5.10 Å². The van der Waals surface area contributed by atoms with Crippen LogP contribution in [0.15, 0.2) is 126 Å². The van der Waals surface area contributed by atoms with Crippen LogP contribution >= 0.6 is 11.6 Å². The van der Waals surface area contributed by atoms with Crippen LogP contribution in [0.4, 0.5) is 52.3 Å². The summed E-state index contributed by atoms with van der Waals surface area (Å²) in [6.45, 7) is 15.2. The molecular formula is C110H130ClFN18O15. The molecule has 0 unspecified atom stereocenters. The van der Waals surface area contributed by atoms with E-state index in [1.807, 2.05) is 87.5 Å². The van der Waals surface area contributed by atoms with Crippen molar-refractivity contribution < 1.29 is 76.4 Å². The van der Waals surface area contributed by atoms with Crippen molar-refractivity contribution >= 4 is 127 Å². The van der Waals surface area contributed by atoms with Crippen molar-refractivity contribution in [3.05, 3.63) is 211 Å². The third-order valence-electron chi connectivity index (χ3n) is 31.3. The number of carboxylic acid groups (broad SMARTS) is 2. The first-order valence-corrected chi connectivity index (χ1v) is 51.6. The number of fused-ring (bicyclic) bond motifs is 12. The maximum absolute atomic E-state index is 13.8. The summed E-state index contributed by atoms with van der Waals surface area (Å²) in [5, 5.41) is 38.5. The zero-order chi connectivity index (χ0) is 102. The molecule has 6 aromatic heterocycles. The molecule has 7 aromatic carbocycles. The lowest BCUT2D eigenvalue weighted by atomic mass is 9.83. The zero-order valence-electron chi connectivity index (χ0n) is 84.7. The summed E-state index contributed by atoms with van der Waals surface area (Å²) in [4.78, 5) is 116. The Balaban J connectivity index is 0.000000127. The highest BCUT2D eigenvalue weighted by Gasteiger charge is 2.41. The Morgan fingerprint density at radius 1 is 0.455 bits per heavy atom. The Morgan fingerprint density at radius 2 is 0.897 bits per heavy atom. The topological polar surface area (TPSA) is 374 Å². The smallest absolute Gasteiger partial charge is 0.414 e. The van der Waals surface area contributed by atoms with Crippen LogP contribution in [0.1, 0.15) is 254 Å². The van der Waals surface area contributed by atoms with Gasteiger partial charge in [0.1, 0.15) is 46.4 Å². The molecule has 4 amide bonds. The molecule has 4 fully saturated rings. The predicted molar refractivity (Wildman–Crippen MR) is 550 cm³/mol. The molecule has 11 heterocycles. The van der Waals surface area contributed by atoms with Crippen molar-refractivity contribution in [2.75, 3.05) is 73.1 Å². The average molecular weight is 2000 g/mol. The molecule has 3 N–H and O–H groups in total. The zero-order valence-corrected chi connectivity index (χ0v) is 85.4. The first kappa shape index (κ1) is 101. The molecule has 33 nitrogen and oxygen atoms in total. The van der Waals surface area contributed by atoms with Crippen molar-refractivity contribution in [1.29, 1.82) is 0 Å². The number of halogens is 2. The Kier molecular flexibility index (Phi) is 30.7. The number of rotatable bonds is 19. The minimum Gasteiger partial charge on any atom is -0.495 e. The molecular weight excluding hydrogens is 1870 g/mol. The third-order valence-corrected chi connectivity index (χ3v) is 31.6. The summed E-state index contributed by atoms with van der Waals surface area (Å²) >= 11 is 6.44. The lowest BCUT2D eigenvalue weighted by Gasteiger charge is -2.35. The number of methoxy groups -OCH3 is 5. The summed E-state index contributed by atoms with van der Waals surface area (Å²) < 4.78 is 54.3. The number of benzene rings is 7. The van der Waals surface area contributed by atoms with Gasteiger partial charge in [-0.25, -0.2) is 43.5 Å². The molecule has 1 saturated heterocycles. The van der Waals surface area contributed by atoms with Gasteiger partial charge in [0.25, 0.3) is 5.95 Å². The minimum atomic E-state index is -0.738. The number of aromatic nitrogens is 13. The molecule has 0 spiro atoms. The van der Waals surface area contributed by atoms with Gasteiger partial charge in [0.15, 0.2) is 0 Å². The van der Waals surface area contributed by atoms with E-state index >= 15 is 0 Å². The number of aryl methyl sites for hydroxylation is 10. The van der Waals surface area contributed by atoms with E-state index in [9.17, 15) is 48.2 Å². The van der Waals surface area contributed by atoms with Crippen LogP contribution in [0, 0.1) is 37.4 Å². The van der Waals surface area contributed by atoms with Crippen molar-refractivity contribution in [2.24, 2.45) is 17.8 Å². The number of nitrogens with one attached hydrogen (secondary N) is 1. The van der Waals surface area contributed by atoms with E-state index in [1.165, 1.54) is 40.1 Å². The predicted octanol–water partition coefficient (Wildman–Crippen LogP) is 21.2. The van der Waals surface area contributed by atoms with Gasteiger partial charge in [0, 0.05) is 122 Å². The van der Waals surface area contributed by atoms with Gasteiger partial charge in [0.2, 0.25) is 0 Å². The van der Waals surface area contributed by atoms with Crippen LogP contribution in [0.3, 0.4) is 0 Å². The van der Waals surface area contributed by atoms with Gasteiger partial charge in [-0.05, 0) is 284 Å². The van der Waals surface area contributed by atoms with Gasteiger partial charge in [-0.1, -0.05) is 76.8 Å². The second kappa shape index (κ2) is 44.0. The molecule has 5 aliphatic heterocycles. The van der Waals surface area contributed by atoms with E-state index in [4.69, 9.17) is 59.7 Å². The molecule has 145 heavy (non-hydrogen) atoms. The van der Waals surface area contributed by atoms with Crippen LogP contribution < -0.4 is 29.2 Å². The summed E-state index contributed by atoms with van der Waals surface area (Å²) in [6, 6.07) is 40.8. The Morgan fingerprint density at radius 3 is 1.33 bits per heavy atom. The summed E-state index contributed by atoms with van der Waals surface area (Å²) in [7, 11) is 7.28. The summed E-state index contributed by atoms with van der Waals surface area (Å²) in [6.07, 6.45) is 21.1. The van der Waals surface area contributed by atoms with E-state index in [-0.39, 0.29) is 102 Å². The highest BCUT2D eigenvalue weighted by Crippen LogP contribution is 2.48. The van der Waals surface area contributed by atoms with Crippen LogP contribution in [0.2, 0.25) is 5.02 Å². The molecule has 7 atom stereocenters. The third kappa shape index (κ3) is 20.9. The van der Waals surface area contributed by atoms with E-state index in [0.717, 1.165) is 270 Å². The number of anilines is 5. The maximum atomic E-state index is 13.8. The number of nitrogens with zero attached hydrogens (tertiary/aromatic N) is 17. The number of hydrogen-bond donors (Lipinski definition) is 3. The van der Waals surface area contributed by atoms with E-state index in [1.54, 1.807) is 40.6 Å². The Hall–Kier alpha value is -13.8. The number of imidazole rings is 4. The number of aromatic amines is 1. The van der Waals surface area contributed by atoms with E-state index in [2.05, 4.69) is 111 Å². The number of carboxylic acids is 2. The van der Waals surface area contributed by atoms with E-state index < -0.39 is 11.9 Å². The molecule has 0 bridgehead atoms. The number of tetrazole rings is 1. The van der Waals surface area contributed by atoms with Crippen molar-refractivity contribution in [1.82, 2.24) is 64.0 Å². The molecule has 3 saturated carbocycles. The molecule has 21 rings (SSSR count). The molecule has 0 radical (unpaired) electrons. The molecule has 8 aliphatic rings. The first-order chi connectivity index (χ1) is 70.1. The average Bonchev–Trinajstić information content (AvgIpc) is 1.61. The second-order valence-electron chi connectivity index (χ2n) is 40.3. The molecule has 3 aliphatic carbocycles. The number of ketones is 1. The van der Waals surface area contributed by atoms with Crippen LogP contribution in [0.5, 0.6) is 5.75 Å². The molecule has 764 valence electrons. The number of amides is 4. The number of hydrogen-bond acceptors (Lipinski definition) is 22. The number of carbonyl (C=O) groups excluding carboxylic acids is 5. The number of piperidine rings is 1. The van der Waals surface area contributed by atoms with Crippen LogP contribution in [-0.2, 0) is 97.5 Å². The Labute approximate surface area is 846 Å². The summed E-state index contributed by atoms with van der Waals surface area (Å²) in [5.74, 6) is 4.12. The van der Waals surface area contributed by atoms with Crippen LogP contribution in [-0.4, -0.2) is 189 Å². The fraction of sp³-hybridized carbons (Fsp3) is 0.482. The number of carbonyl (C=O) groups is 7. The van der Waals surface area contributed by atoms with Gasteiger partial charge in [0.05, 0.1) is 131 Å². The van der Waals surface area contributed by atoms with E-state index in [0.29, 0.717) is 80.1 Å². The summed E-state index contributed by atoms with van der Waals surface area (Å²) in [5.41, 5.74) is 20.5. The molecule has 35 heteroatoms. The molecule has 13 aromatic rings. The number of H-pyrrole nitrogens is 1. The van der Waals surface area contributed by atoms with Gasteiger partial charge < -0.3 is 61.6 Å². The number of Topliss-reactive ketones (excluding diaryl/α,β-unsaturated/α-hetero) is 1. The second-order valence-corrected chi connectivity index (χ2v) is 40.7. The lowest BCUT2D eigenvalue weighted by Crippen LogP contribution is -2.42. The highest BCUT2D eigenvalue weighted by molar-refractivity contribution is 6.32. The fourth-order valence-electron chi connectivity index (χ4n) is 23.8. The van der Waals surface area contributed by atoms with Crippen molar-refractivity contribution in [3.63, 3.8) is 0 Å². The first-order valence-electron chi connectivity index (χ1n) is 51.2. The maximum Gasteiger partial charge on any atom is 0.414 e. The highest BCUT2D eigenvalue weighted by atomic mass is 35.5. The van der Waals surface area contributed by atoms with Crippen molar-refractivity contribution in [2.45, 2.75) is 277 Å². The minimum absolute atomic E-state index is 0.0235. The largest absolute Gasteiger partial charge is 0.495 e. The number of ether oxygens (including phenoxy) is 5. The normalized spacial score (nSPS) is 21.3. The van der Waals surface area contributed by atoms with Gasteiger partial charge >= 0.3 is 36.3 Å². The SMILES string of the molecule is COC(=O)N1c2ccc3c(nc(CCc4cc(C)no4)n3C3CCC(C(=O)O)CC3)c2CC[C@@H]1C.COC(=O)N1c2ccc3c(nc(CCc4ccc(F)c(C)c4)n3[C@@H]3CCC[C@@H](C(=O)O)C3)c2CC[C@@H]1C.COC(=O)N1c2ccc3c(nc(Cc4ccc(OC)c(Cl)c4)n3C3CCC(C(C)=O)CC3)c2CC[C@@H]1C.COC(=O)N1c2ccc3c(nc(Cc4ccccc4)n3[C@H]3CCCN(c4nn[nH]n4)C3)c2CC[C@@H]1C. The van der Waals surface area contributed by atoms with Gasteiger partial charge in [-0.2, -0.15) is 5.21 Å². The number of aliphatic carboxylic acids is 2.